The van der Waals surface area contributed by atoms with Gasteiger partial charge in [-0.25, -0.2) is 8.78 Å². The van der Waals surface area contributed by atoms with Crippen LogP contribution in [-0.4, -0.2) is 25.0 Å². The topological polar surface area (TPSA) is 44.4 Å². The van der Waals surface area contributed by atoms with E-state index >= 15 is 0 Å². The number of piperidine rings is 1. The molecule has 2 N–H and O–H groups in total. The number of carbonyl (C=O) groups is 1. The van der Waals surface area contributed by atoms with Crippen molar-refractivity contribution in [2.45, 2.75) is 32.7 Å². The van der Waals surface area contributed by atoms with Crippen LogP contribution in [0, 0.1) is 17.6 Å². The van der Waals surface area contributed by atoms with Crippen LogP contribution in [0.5, 0.6) is 0 Å². The maximum Gasteiger partial charge on any atom is 0.246 e. The van der Waals surface area contributed by atoms with E-state index in [1.165, 1.54) is 24.6 Å². The highest BCUT2D eigenvalue weighted by molar-refractivity contribution is 5.96. The second-order valence-corrected chi connectivity index (χ2v) is 7.20. The standard InChI is InChI=1S/C21H25F2N3O/c1-14-9-11-26(12-10-14)18-6-4-17(5-7-18)24-15(2)21(27)25-20-8-3-16(22)13-19(20)23/h3-8,13-15,24H,9-12H2,1-2H3,(H,25,27)/t15-/m1/s1. The van der Waals surface area contributed by atoms with Crippen molar-refractivity contribution in [3.8, 4) is 0 Å². The molecular formula is C21H25F2N3O. The number of carbonyl (C=O) groups excluding carboxylic acids is 1. The summed E-state index contributed by atoms with van der Waals surface area (Å²) in [6.45, 7) is 6.11. The van der Waals surface area contributed by atoms with Gasteiger partial charge in [-0.2, -0.15) is 0 Å². The van der Waals surface area contributed by atoms with Crippen LogP contribution in [0.2, 0.25) is 0 Å². The fraction of sp³-hybridized carbons (Fsp3) is 0.381. The van der Waals surface area contributed by atoms with Gasteiger partial charge in [0.25, 0.3) is 0 Å². The summed E-state index contributed by atoms with van der Waals surface area (Å²) in [5, 5.41) is 5.58. The molecule has 1 aliphatic heterocycles. The van der Waals surface area contributed by atoms with Crippen molar-refractivity contribution < 1.29 is 13.6 Å². The molecule has 144 valence electrons. The van der Waals surface area contributed by atoms with E-state index in [0.717, 1.165) is 36.8 Å². The summed E-state index contributed by atoms with van der Waals surface area (Å²) >= 11 is 0. The van der Waals surface area contributed by atoms with Crippen LogP contribution in [-0.2, 0) is 4.79 Å². The Hall–Kier alpha value is -2.63. The zero-order valence-corrected chi connectivity index (χ0v) is 15.6. The number of nitrogens with zero attached hydrogens (tertiary/aromatic N) is 1. The first-order valence-electron chi connectivity index (χ1n) is 9.30. The Morgan fingerprint density at radius 3 is 2.41 bits per heavy atom. The van der Waals surface area contributed by atoms with Crippen molar-refractivity contribution in [1.82, 2.24) is 0 Å². The molecule has 0 aromatic heterocycles. The van der Waals surface area contributed by atoms with E-state index in [1.54, 1.807) is 6.92 Å². The van der Waals surface area contributed by atoms with Gasteiger partial charge >= 0.3 is 0 Å². The average Bonchev–Trinajstić information content (AvgIpc) is 2.65. The summed E-state index contributed by atoms with van der Waals surface area (Å²) in [6, 6.07) is 10.5. The quantitative estimate of drug-likeness (QED) is 0.802. The van der Waals surface area contributed by atoms with Gasteiger partial charge in [0.1, 0.15) is 17.7 Å². The van der Waals surface area contributed by atoms with Crippen LogP contribution in [0.1, 0.15) is 26.7 Å². The van der Waals surface area contributed by atoms with E-state index in [1.807, 2.05) is 24.3 Å². The van der Waals surface area contributed by atoms with Crippen LogP contribution in [0.4, 0.5) is 25.8 Å². The highest BCUT2D eigenvalue weighted by Gasteiger charge is 2.17. The molecule has 6 heteroatoms. The summed E-state index contributed by atoms with van der Waals surface area (Å²) in [5.41, 5.74) is 1.95. The van der Waals surface area contributed by atoms with Gasteiger partial charge in [0, 0.05) is 30.5 Å². The van der Waals surface area contributed by atoms with E-state index in [-0.39, 0.29) is 5.69 Å². The predicted molar refractivity (Wildman–Crippen MR) is 105 cm³/mol. The first kappa shape index (κ1) is 19.1. The lowest BCUT2D eigenvalue weighted by atomic mass is 9.99. The lowest BCUT2D eigenvalue weighted by Crippen LogP contribution is -2.33. The zero-order chi connectivity index (χ0) is 19.4. The predicted octanol–water partition coefficient (Wildman–Crippen LogP) is 4.64. The van der Waals surface area contributed by atoms with Gasteiger partial charge in [-0.05, 0) is 62.1 Å². The number of hydrogen-bond donors (Lipinski definition) is 2. The van der Waals surface area contributed by atoms with Crippen molar-refractivity contribution in [1.29, 1.82) is 0 Å². The highest BCUT2D eigenvalue weighted by atomic mass is 19.1. The van der Waals surface area contributed by atoms with Gasteiger partial charge in [-0.15, -0.1) is 0 Å². The molecule has 1 saturated heterocycles. The lowest BCUT2D eigenvalue weighted by Gasteiger charge is -2.32. The molecule has 2 aromatic carbocycles. The number of benzene rings is 2. The molecule has 1 atom stereocenters. The van der Waals surface area contributed by atoms with Gasteiger partial charge in [0.2, 0.25) is 5.91 Å². The molecule has 0 unspecified atom stereocenters. The second kappa shape index (κ2) is 8.37. The Morgan fingerprint density at radius 1 is 1.11 bits per heavy atom. The molecule has 27 heavy (non-hydrogen) atoms. The second-order valence-electron chi connectivity index (χ2n) is 7.20. The number of amides is 1. The van der Waals surface area contributed by atoms with Crippen LogP contribution in [0.3, 0.4) is 0 Å². The Balaban J connectivity index is 1.57. The molecule has 4 nitrogen and oxygen atoms in total. The van der Waals surface area contributed by atoms with Crippen molar-refractivity contribution in [2.24, 2.45) is 5.92 Å². The molecule has 1 aliphatic rings. The minimum atomic E-state index is -0.796. The van der Waals surface area contributed by atoms with Gasteiger partial charge in [0.15, 0.2) is 0 Å². The average molecular weight is 373 g/mol. The van der Waals surface area contributed by atoms with Crippen molar-refractivity contribution >= 4 is 23.0 Å². The zero-order valence-electron chi connectivity index (χ0n) is 15.6. The Kier molecular flexibility index (Phi) is 5.94. The molecule has 0 aliphatic carbocycles. The van der Waals surface area contributed by atoms with E-state index in [9.17, 15) is 13.6 Å². The molecule has 1 heterocycles. The van der Waals surface area contributed by atoms with Crippen LogP contribution >= 0.6 is 0 Å². The number of hydrogen-bond acceptors (Lipinski definition) is 3. The van der Waals surface area contributed by atoms with Gasteiger partial charge in [-0.1, -0.05) is 6.92 Å². The van der Waals surface area contributed by atoms with Crippen molar-refractivity contribution in [2.75, 3.05) is 28.6 Å². The van der Waals surface area contributed by atoms with E-state index in [4.69, 9.17) is 0 Å². The van der Waals surface area contributed by atoms with Crippen LogP contribution in [0.25, 0.3) is 0 Å². The fourth-order valence-electron chi connectivity index (χ4n) is 3.18. The summed E-state index contributed by atoms with van der Waals surface area (Å²) in [6.07, 6.45) is 2.41. The molecular weight excluding hydrogens is 348 g/mol. The maximum atomic E-state index is 13.7. The van der Waals surface area contributed by atoms with Gasteiger partial charge < -0.3 is 15.5 Å². The summed E-state index contributed by atoms with van der Waals surface area (Å²) in [7, 11) is 0. The SMILES string of the molecule is CC1CCN(c2ccc(N[C@H](C)C(=O)Nc3ccc(F)cc3F)cc2)CC1. The van der Waals surface area contributed by atoms with Crippen molar-refractivity contribution in [3.05, 3.63) is 54.1 Å². The van der Waals surface area contributed by atoms with Gasteiger partial charge in [0.05, 0.1) is 5.69 Å². The molecule has 0 radical (unpaired) electrons. The Morgan fingerprint density at radius 2 is 1.78 bits per heavy atom. The minimum Gasteiger partial charge on any atom is -0.374 e. The first-order valence-corrected chi connectivity index (χ1v) is 9.30. The molecule has 0 spiro atoms. The summed E-state index contributed by atoms with van der Waals surface area (Å²) in [4.78, 5) is 14.6. The van der Waals surface area contributed by atoms with E-state index in [0.29, 0.717) is 0 Å². The monoisotopic (exact) mass is 373 g/mol. The maximum absolute atomic E-state index is 13.7. The molecule has 0 bridgehead atoms. The van der Waals surface area contributed by atoms with Crippen LogP contribution < -0.4 is 15.5 Å². The number of halogens is 2. The smallest absolute Gasteiger partial charge is 0.246 e. The normalized spacial score (nSPS) is 16.1. The summed E-state index contributed by atoms with van der Waals surface area (Å²) < 4.78 is 26.6. The fourth-order valence-corrected chi connectivity index (χ4v) is 3.18. The number of nitrogens with one attached hydrogen (secondary N) is 2. The highest BCUT2D eigenvalue weighted by Crippen LogP contribution is 2.24. The number of rotatable bonds is 5. The largest absolute Gasteiger partial charge is 0.374 e. The third kappa shape index (κ3) is 4.96. The van der Waals surface area contributed by atoms with E-state index in [2.05, 4.69) is 22.5 Å². The third-order valence-electron chi connectivity index (χ3n) is 4.98. The van der Waals surface area contributed by atoms with Crippen molar-refractivity contribution in [3.63, 3.8) is 0 Å². The van der Waals surface area contributed by atoms with Gasteiger partial charge in [-0.3, -0.25) is 4.79 Å². The number of anilines is 3. The molecule has 3 rings (SSSR count). The lowest BCUT2D eigenvalue weighted by molar-refractivity contribution is -0.116. The minimum absolute atomic E-state index is 0.0373. The van der Waals surface area contributed by atoms with Crippen LogP contribution in [0.15, 0.2) is 42.5 Å². The first-order chi connectivity index (χ1) is 12.9. The molecule has 0 saturated carbocycles. The molecule has 1 amide bonds. The van der Waals surface area contributed by atoms with E-state index < -0.39 is 23.6 Å². The molecule has 2 aromatic rings. The Bertz CT molecular complexity index is 787. The third-order valence-corrected chi connectivity index (χ3v) is 4.98. The Labute approximate surface area is 158 Å². The summed E-state index contributed by atoms with van der Waals surface area (Å²) in [5.74, 6) is -1.09. The molecule has 1 fully saturated rings.